The van der Waals surface area contributed by atoms with E-state index < -0.39 is 0 Å². The van der Waals surface area contributed by atoms with E-state index in [0.29, 0.717) is 24.6 Å². The predicted molar refractivity (Wildman–Crippen MR) is 134 cm³/mol. The van der Waals surface area contributed by atoms with Crippen LogP contribution in [0.5, 0.6) is 11.5 Å². The van der Waals surface area contributed by atoms with Gasteiger partial charge in [0, 0.05) is 50.3 Å². The molecular formula is C23H31IN4O3. The van der Waals surface area contributed by atoms with E-state index in [4.69, 9.17) is 9.47 Å². The Bertz CT molecular complexity index is 933. The molecule has 0 saturated carbocycles. The van der Waals surface area contributed by atoms with Crippen LogP contribution in [0.3, 0.4) is 0 Å². The minimum atomic E-state index is -0.0797. The molecule has 0 saturated heterocycles. The number of fused-ring (bicyclic) bond motifs is 1. The summed E-state index contributed by atoms with van der Waals surface area (Å²) in [6.45, 7) is 3.33. The molecule has 168 valence electrons. The zero-order chi connectivity index (χ0) is 21.5. The maximum absolute atomic E-state index is 11.8. The summed E-state index contributed by atoms with van der Waals surface area (Å²) in [4.78, 5) is 16.1. The van der Waals surface area contributed by atoms with E-state index in [1.54, 1.807) is 21.2 Å². The van der Waals surface area contributed by atoms with E-state index in [1.807, 2.05) is 30.3 Å². The van der Waals surface area contributed by atoms with E-state index in [1.165, 1.54) is 5.56 Å². The summed E-state index contributed by atoms with van der Waals surface area (Å²) in [5, 5.41) is 9.29. The van der Waals surface area contributed by atoms with Crippen molar-refractivity contribution in [3.63, 3.8) is 0 Å². The molecule has 0 aliphatic carbocycles. The summed E-state index contributed by atoms with van der Waals surface area (Å²) >= 11 is 0. The van der Waals surface area contributed by atoms with Crippen LogP contribution in [0.25, 0.3) is 0 Å². The summed E-state index contributed by atoms with van der Waals surface area (Å²) in [7, 11) is 5.06. The zero-order valence-corrected chi connectivity index (χ0v) is 20.8. The molecule has 2 aromatic rings. The van der Waals surface area contributed by atoms with Gasteiger partial charge in [0.1, 0.15) is 17.6 Å². The van der Waals surface area contributed by atoms with Crippen LogP contribution in [0.2, 0.25) is 0 Å². The topological polar surface area (TPSA) is 84.0 Å². The van der Waals surface area contributed by atoms with Crippen LogP contribution in [-0.2, 0) is 19.4 Å². The smallest absolute Gasteiger partial charge is 0.251 e. The molecule has 0 fully saturated rings. The summed E-state index contributed by atoms with van der Waals surface area (Å²) in [5.41, 5.74) is 3.96. The molecule has 0 aromatic heterocycles. The van der Waals surface area contributed by atoms with Crippen LogP contribution in [0, 0.1) is 0 Å². The molecule has 2 aromatic carbocycles. The van der Waals surface area contributed by atoms with Crippen LogP contribution in [0.15, 0.2) is 41.4 Å². The lowest BCUT2D eigenvalue weighted by atomic mass is 10.1. The van der Waals surface area contributed by atoms with Gasteiger partial charge >= 0.3 is 0 Å². The second kappa shape index (κ2) is 11.8. The number of benzene rings is 2. The van der Waals surface area contributed by atoms with Crippen molar-refractivity contribution in [1.29, 1.82) is 0 Å². The van der Waals surface area contributed by atoms with Crippen molar-refractivity contribution in [2.24, 2.45) is 4.99 Å². The molecule has 1 unspecified atom stereocenters. The molecule has 0 radical (unpaired) electrons. The summed E-state index contributed by atoms with van der Waals surface area (Å²) in [6, 6.07) is 11.7. The maximum atomic E-state index is 11.8. The Labute approximate surface area is 201 Å². The number of carbonyl (C=O) groups excluding carboxylic acids is 1. The van der Waals surface area contributed by atoms with Crippen LogP contribution in [0.1, 0.15) is 34.0 Å². The van der Waals surface area contributed by atoms with Gasteiger partial charge in [0.15, 0.2) is 5.96 Å². The van der Waals surface area contributed by atoms with E-state index >= 15 is 0 Å². The number of ether oxygens (including phenoxy) is 2. The predicted octanol–water partition coefficient (Wildman–Crippen LogP) is 2.90. The van der Waals surface area contributed by atoms with Gasteiger partial charge in [-0.2, -0.15) is 0 Å². The van der Waals surface area contributed by atoms with Gasteiger partial charge < -0.3 is 25.4 Å². The zero-order valence-electron chi connectivity index (χ0n) is 18.5. The lowest BCUT2D eigenvalue weighted by Gasteiger charge is -2.15. The van der Waals surface area contributed by atoms with Crippen molar-refractivity contribution in [1.82, 2.24) is 16.0 Å². The third kappa shape index (κ3) is 6.49. The molecule has 1 heterocycles. The largest absolute Gasteiger partial charge is 0.496 e. The number of nitrogens with one attached hydrogen (secondary N) is 3. The molecule has 0 bridgehead atoms. The Morgan fingerprint density at radius 2 is 2.06 bits per heavy atom. The van der Waals surface area contributed by atoms with Gasteiger partial charge in [-0.25, -0.2) is 0 Å². The number of methoxy groups -OCH3 is 1. The fourth-order valence-corrected chi connectivity index (χ4v) is 3.55. The summed E-state index contributed by atoms with van der Waals surface area (Å²) in [6.07, 6.45) is 1.88. The molecule has 1 aliphatic heterocycles. The first-order chi connectivity index (χ1) is 14.5. The Balaban J connectivity index is 0.00000341. The summed E-state index contributed by atoms with van der Waals surface area (Å²) < 4.78 is 11.4. The third-order valence-corrected chi connectivity index (χ3v) is 5.09. The second-order valence-corrected chi connectivity index (χ2v) is 7.29. The second-order valence-electron chi connectivity index (χ2n) is 7.29. The number of hydrogen-bond acceptors (Lipinski definition) is 4. The number of rotatable bonds is 7. The molecule has 31 heavy (non-hydrogen) atoms. The lowest BCUT2D eigenvalue weighted by Crippen LogP contribution is -2.38. The number of aliphatic imine (C=N–C) groups is 1. The molecule has 3 rings (SSSR count). The molecule has 7 nitrogen and oxygen atoms in total. The third-order valence-electron chi connectivity index (χ3n) is 5.09. The molecule has 1 atom stereocenters. The van der Waals surface area contributed by atoms with Gasteiger partial charge in [-0.3, -0.25) is 9.79 Å². The van der Waals surface area contributed by atoms with Crippen molar-refractivity contribution >= 4 is 35.8 Å². The maximum Gasteiger partial charge on any atom is 0.251 e. The Hall–Kier alpha value is -2.49. The monoisotopic (exact) mass is 538 g/mol. The van der Waals surface area contributed by atoms with E-state index in [9.17, 15) is 4.79 Å². The van der Waals surface area contributed by atoms with Crippen LogP contribution >= 0.6 is 24.0 Å². The van der Waals surface area contributed by atoms with E-state index in [2.05, 4.69) is 33.9 Å². The highest BCUT2D eigenvalue weighted by molar-refractivity contribution is 14.0. The SMILES string of the molecule is CN=C(NCCc1cccc(C(=O)NC)c1)NCc1cc2c(cc1OC)CC(C)O2.I. The van der Waals surface area contributed by atoms with Crippen molar-refractivity contribution in [3.05, 3.63) is 58.7 Å². The number of guanidine groups is 1. The number of hydrogen-bond donors (Lipinski definition) is 3. The fraction of sp³-hybridized carbons (Fsp3) is 0.391. The quantitative estimate of drug-likeness (QED) is 0.287. The van der Waals surface area contributed by atoms with Crippen LogP contribution < -0.4 is 25.4 Å². The Morgan fingerprint density at radius 1 is 1.26 bits per heavy atom. The molecule has 0 spiro atoms. The van der Waals surface area contributed by atoms with Crippen molar-refractivity contribution < 1.29 is 14.3 Å². The number of halogens is 1. The standard InChI is InChI=1S/C23H30N4O3.HI/c1-15-10-18-12-20(29-4)19(13-21(18)30-15)14-27-23(25-3)26-9-8-16-6-5-7-17(11-16)22(28)24-2;/h5-7,11-13,15H,8-10,14H2,1-4H3,(H,24,28)(H2,25,26,27);1H. The first-order valence-electron chi connectivity index (χ1n) is 10.2. The lowest BCUT2D eigenvalue weighted by molar-refractivity contribution is 0.0963. The van der Waals surface area contributed by atoms with Gasteiger partial charge in [0.2, 0.25) is 0 Å². The number of carbonyl (C=O) groups is 1. The van der Waals surface area contributed by atoms with Gasteiger partial charge in [-0.15, -0.1) is 24.0 Å². The van der Waals surface area contributed by atoms with Crippen molar-refractivity contribution in [3.8, 4) is 11.5 Å². The minimum absolute atomic E-state index is 0. The highest BCUT2D eigenvalue weighted by atomic mass is 127. The van der Waals surface area contributed by atoms with Crippen LogP contribution in [-0.4, -0.2) is 45.7 Å². The highest BCUT2D eigenvalue weighted by Gasteiger charge is 2.21. The molecule has 1 amide bonds. The average molecular weight is 538 g/mol. The first-order valence-corrected chi connectivity index (χ1v) is 10.2. The minimum Gasteiger partial charge on any atom is -0.496 e. The van der Waals surface area contributed by atoms with Gasteiger partial charge in [0.05, 0.1) is 7.11 Å². The van der Waals surface area contributed by atoms with E-state index in [0.717, 1.165) is 35.5 Å². The normalized spacial score (nSPS) is 14.7. The summed E-state index contributed by atoms with van der Waals surface area (Å²) in [5.74, 6) is 2.40. The van der Waals surface area contributed by atoms with Gasteiger partial charge in [0.25, 0.3) is 5.91 Å². The molecular weight excluding hydrogens is 507 g/mol. The highest BCUT2D eigenvalue weighted by Crippen LogP contribution is 2.34. The molecule has 8 heteroatoms. The van der Waals surface area contributed by atoms with Gasteiger partial charge in [-0.1, -0.05) is 12.1 Å². The first kappa shape index (κ1) is 24.8. The number of amides is 1. The number of nitrogens with zero attached hydrogens (tertiary/aromatic N) is 1. The van der Waals surface area contributed by atoms with Gasteiger partial charge in [-0.05, 0) is 43.2 Å². The Kier molecular flexibility index (Phi) is 9.42. The van der Waals surface area contributed by atoms with Crippen LogP contribution in [0.4, 0.5) is 0 Å². The molecule has 3 N–H and O–H groups in total. The van der Waals surface area contributed by atoms with Crippen molar-refractivity contribution in [2.75, 3.05) is 27.7 Å². The molecule has 1 aliphatic rings. The fourth-order valence-electron chi connectivity index (χ4n) is 3.55. The average Bonchev–Trinajstić information content (AvgIpc) is 3.13. The van der Waals surface area contributed by atoms with Crippen molar-refractivity contribution in [2.45, 2.75) is 32.4 Å². The Morgan fingerprint density at radius 3 is 2.77 bits per heavy atom. The van der Waals surface area contributed by atoms with E-state index in [-0.39, 0.29) is 36.0 Å².